The van der Waals surface area contributed by atoms with E-state index in [0.29, 0.717) is 5.56 Å². The van der Waals surface area contributed by atoms with E-state index in [4.69, 9.17) is 4.74 Å². The standard InChI is InChI=1S/C14H9F4N3O/c15-11-10(14(16,17)18)9-6-19-21-12(9)20-13(11)22-7-8-4-2-1-3-5-8/h1-6H,7H2,(H,19,20,21). The molecule has 0 unspecified atom stereocenters. The van der Waals surface area contributed by atoms with Crippen molar-refractivity contribution in [3.63, 3.8) is 0 Å². The third-order valence-corrected chi connectivity index (χ3v) is 3.01. The van der Waals surface area contributed by atoms with E-state index in [1.807, 2.05) is 0 Å². The molecule has 1 aromatic carbocycles. The van der Waals surface area contributed by atoms with Gasteiger partial charge in [0.05, 0.1) is 11.6 Å². The molecule has 0 aliphatic carbocycles. The van der Waals surface area contributed by atoms with Gasteiger partial charge in [-0.05, 0) is 5.56 Å². The molecule has 2 heterocycles. The van der Waals surface area contributed by atoms with E-state index in [0.717, 1.165) is 6.20 Å². The number of nitrogens with zero attached hydrogens (tertiary/aromatic N) is 2. The Kier molecular flexibility index (Phi) is 3.44. The largest absolute Gasteiger partial charge is 0.471 e. The summed E-state index contributed by atoms with van der Waals surface area (Å²) in [5.41, 5.74) is -0.937. The SMILES string of the molecule is Fc1c(OCc2ccccc2)nc2[nH]ncc2c1C(F)(F)F. The van der Waals surface area contributed by atoms with E-state index in [1.165, 1.54) is 0 Å². The molecule has 2 aromatic heterocycles. The topological polar surface area (TPSA) is 50.8 Å². The molecule has 0 saturated heterocycles. The number of fused-ring (bicyclic) bond motifs is 1. The van der Waals surface area contributed by atoms with Crippen molar-refractivity contribution in [2.24, 2.45) is 0 Å². The summed E-state index contributed by atoms with van der Waals surface area (Å²) in [4.78, 5) is 3.71. The van der Waals surface area contributed by atoms with Crippen LogP contribution >= 0.6 is 0 Å². The molecule has 0 fully saturated rings. The van der Waals surface area contributed by atoms with E-state index in [1.54, 1.807) is 30.3 Å². The molecule has 22 heavy (non-hydrogen) atoms. The van der Waals surface area contributed by atoms with Gasteiger partial charge < -0.3 is 4.74 Å². The summed E-state index contributed by atoms with van der Waals surface area (Å²) in [5, 5.41) is 5.32. The number of halogens is 4. The molecule has 0 atom stereocenters. The molecule has 0 bridgehead atoms. The fourth-order valence-electron chi connectivity index (χ4n) is 2.02. The van der Waals surface area contributed by atoms with Crippen LogP contribution in [0.5, 0.6) is 5.88 Å². The summed E-state index contributed by atoms with van der Waals surface area (Å²) >= 11 is 0. The highest BCUT2D eigenvalue weighted by atomic mass is 19.4. The number of pyridine rings is 1. The molecule has 1 N–H and O–H groups in total. The van der Waals surface area contributed by atoms with Gasteiger partial charge in [-0.25, -0.2) is 4.39 Å². The lowest BCUT2D eigenvalue weighted by Gasteiger charge is -2.12. The van der Waals surface area contributed by atoms with Gasteiger partial charge in [0.2, 0.25) is 0 Å². The molecule has 0 aliphatic heterocycles. The number of ether oxygens (including phenoxy) is 1. The van der Waals surface area contributed by atoms with Crippen molar-refractivity contribution in [2.45, 2.75) is 12.8 Å². The van der Waals surface area contributed by atoms with Crippen molar-refractivity contribution in [1.82, 2.24) is 15.2 Å². The van der Waals surface area contributed by atoms with Gasteiger partial charge in [0.15, 0.2) is 11.5 Å². The van der Waals surface area contributed by atoms with Crippen LogP contribution in [0.25, 0.3) is 11.0 Å². The Bertz CT molecular complexity index is 799. The fraction of sp³-hybridized carbons (Fsp3) is 0.143. The third-order valence-electron chi connectivity index (χ3n) is 3.01. The summed E-state index contributed by atoms with van der Waals surface area (Å²) in [6.07, 6.45) is -3.99. The first-order chi connectivity index (χ1) is 10.5. The number of nitrogens with one attached hydrogen (secondary N) is 1. The summed E-state index contributed by atoms with van der Waals surface area (Å²) in [5.74, 6) is -2.26. The lowest BCUT2D eigenvalue weighted by Crippen LogP contribution is -2.12. The molecule has 3 aromatic rings. The Hall–Kier alpha value is -2.64. The van der Waals surface area contributed by atoms with Gasteiger partial charge in [-0.15, -0.1) is 0 Å². The molecule has 8 heteroatoms. The quantitative estimate of drug-likeness (QED) is 0.750. The molecular weight excluding hydrogens is 302 g/mol. The Morgan fingerprint density at radius 2 is 1.86 bits per heavy atom. The van der Waals surface area contributed by atoms with Crippen molar-refractivity contribution in [1.29, 1.82) is 0 Å². The second-order valence-electron chi connectivity index (χ2n) is 4.51. The summed E-state index contributed by atoms with van der Waals surface area (Å²) in [7, 11) is 0. The molecule has 0 spiro atoms. The first kappa shape index (κ1) is 14.3. The number of rotatable bonds is 3. The number of benzene rings is 1. The van der Waals surface area contributed by atoms with E-state index in [2.05, 4.69) is 15.2 Å². The Labute approximate surface area is 121 Å². The van der Waals surface area contributed by atoms with Crippen molar-refractivity contribution >= 4 is 11.0 Å². The highest BCUT2D eigenvalue weighted by Crippen LogP contribution is 2.38. The van der Waals surface area contributed by atoms with Crippen LogP contribution in [0.15, 0.2) is 36.5 Å². The monoisotopic (exact) mass is 311 g/mol. The average Bonchev–Trinajstić information content (AvgIpc) is 2.92. The maximum atomic E-state index is 14.1. The molecule has 0 radical (unpaired) electrons. The van der Waals surface area contributed by atoms with Crippen LogP contribution in [-0.4, -0.2) is 15.2 Å². The minimum Gasteiger partial charge on any atom is -0.471 e. The molecule has 0 aliphatic rings. The smallest absolute Gasteiger partial charge is 0.420 e. The zero-order valence-electron chi connectivity index (χ0n) is 11.0. The Morgan fingerprint density at radius 3 is 2.55 bits per heavy atom. The second-order valence-corrected chi connectivity index (χ2v) is 4.51. The van der Waals surface area contributed by atoms with Crippen LogP contribution in [0.3, 0.4) is 0 Å². The van der Waals surface area contributed by atoms with Crippen LogP contribution in [0.4, 0.5) is 17.6 Å². The minimum absolute atomic E-state index is 0.0955. The Balaban J connectivity index is 2.01. The van der Waals surface area contributed by atoms with Gasteiger partial charge in [0.25, 0.3) is 5.88 Å². The van der Waals surface area contributed by atoms with Gasteiger partial charge in [0, 0.05) is 0 Å². The van der Waals surface area contributed by atoms with Crippen molar-refractivity contribution in [3.05, 3.63) is 53.5 Å². The summed E-state index contributed by atoms with van der Waals surface area (Å²) in [6.45, 7) is -0.0955. The molecule has 0 saturated carbocycles. The minimum atomic E-state index is -4.87. The normalized spacial score (nSPS) is 11.8. The molecule has 114 valence electrons. The number of aromatic nitrogens is 3. The van der Waals surface area contributed by atoms with Crippen molar-refractivity contribution in [3.8, 4) is 5.88 Å². The lowest BCUT2D eigenvalue weighted by molar-refractivity contribution is -0.138. The van der Waals surface area contributed by atoms with Crippen molar-refractivity contribution in [2.75, 3.05) is 0 Å². The number of hydrogen-bond donors (Lipinski definition) is 1. The zero-order valence-corrected chi connectivity index (χ0v) is 11.0. The van der Waals surface area contributed by atoms with Crippen LogP contribution in [-0.2, 0) is 12.8 Å². The van der Waals surface area contributed by atoms with Crippen LogP contribution in [0.2, 0.25) is 0 Å². The van der Waals surface area contributed by atoms with Crippen LogP contribution < -0.4 is 4.74 Å². The van der Waals surface area contributed by atoms with Gasteiger partial charge >= 0.3 is 6.18 Å². The number of alkyl halides is 3. The molecule has 0 amide bonds. The Morgan fingerprint density at radius 1 is 1.14 bits per heavy atom. The number of aromatic amines is 1. The average molecular weight is 311 g/mol. The predicted molar refractivity (Wildman–Crippen MR) is 69.6 cm³/mol. The zero-order chi connectivity index (χ0) is 15.7. The van der Waals surface area contributed by atoms with Gasteiger partial charge in [-0.1, -0.05) is 30.3 Å². The fourth-order valence-corrected chi connectivity index (χ4v) is 2.02. The van der Waals surface area contributed by atoms with E-state index < -0.39 is 28.8 Å². The van der Waals surface area contributed by atoms with Gasteiger partial charge in [-0.3, -0.25) is 5.10 Å². The molecular formula is C14H9F4N3O. The van der Waals surface area contributed by atoms with E-state index in [9.17, 15) is 17.6 Å². The van der Waals surface area contributed by atoms with Crippen molar-refractivity contribution < 1.29 is 22.3 Å². The maximum Gasteiger partial charge on any atom is 0.420 e. The first-order valence-electron chi connectivity index (χ1n) is 6.23. The predicted octanol–water partition coefficient (Wildman–Crippen LogP) is 3.69. The van der Waals surface area contributed by atoms with Gasteiger partial charge in [0.1, 0.15) is 12.2 Å². The summed E-state index contributed by atoms with van der Waals surface area (Å²) in [6, 6.07) is 8.67. The van der Waals surface area contributed by atoms with E-state index in [-0.39, 0.29) is 12.3 Å². The van der Waals surface area contributed by atoms with Crippen LogP contribution in [0, 0.1) is 5.82 Å². The third kappa shape index (κ3) is 2.59. The molecule has 3 rings (SSSR count). The second kappa shape index (κ2) is 5.28. The first-order valence-corrected chi connectivity index (χ1v) is 6.23. The van der Waals surface area contributed by atoms with Gasteiger partial charge in [-0.2, -0.15) is 23.3 Å². The maximum absolute atomic E-state index is 14.1. The van der Waals surface area contributed by atoms with E-state index >= 15 is 0 Å². The lowest BCUT2D eigenvalue weighted by atomic mass is 10.1. The number of H-pyrrole nitrogens is 1. The van der Waals surface area contributed by atoms with Crippen LogP contribution in [0.1, 0.15) is 11.1 Å². The molecule has 4 nitrogen and oxygen atoms in total. The highest BCUT2D eigenvalue weighted by molar-refractivity contribution is 5.79. The summed E-state index contributed by atoms with van der Waals surface area (Å²) < 4.78 is 58.3. The number of hydrogen-bond acceptors (Lipinski definition) is 3. The highest BCUT2D eigenvalue weighted by Gasteiger charge is 2.39.